The number of hydrogen-bond acceptors (Lipinski definition) is 4. The van der Waals surface area contributed by atoms with Crippen LogP contribution < -0.4 is 10.6 Å². The molecule has 0 aliphatic carbocycles. The predicted molar refractivity (Wildman–Crippen MR) is 148 cm³/mol. The number of nitrogens with zero attached hydrogens (tertiary/aromatic N) is 2. The van der Waals surface area contributed by atoms with Crippen molar-refractivity contribution in [3.63, 3.8) is 0 Å². The van der Waals surface area contributed by atoms with Crippen molar-refractivity contribution in [3.05, 3.63) is 47.7 Å². The molecule has 8 heteroatoms. The van der Waals surface area contributed by atoms with E-state index in [4.69, 9.17) is 0 Å². The first-order valence-corrected chi connectivity index (χ1v) is 12.9. The van der Waals surface area contributed by atoms with Gasteiger partial charge < -0.3 is 25.2 Å². The van der Waals surface area contributed by atoms with Gasteiger partial charge in [-0.25, -0.2) is 4.79 Å². The molecule has 2 amide bonds. The number of carboxylic acid groups (broad SMARTS) is 1. The Morgan fingerprint density at radius 3 is 2.19 bits per heavy atom. The second-order valence-electron chi connectivity index (χ2n) is 11.2. The number of carbonyl (C=O) groups is 3. The predicted octanol–water partition coefficient (Wildman–Crippen LogP) is 3.70. The highest BCUT2D eigenvalue weighted by Crippen LogP contribution is 2.34. The van der Waals surface area contributed by atoms with Gasteiger partial charge in [0.15, 0.2) is 0 Å². The van der Waals surface area contributed by atoms with Gasteiger partial charge in [0.25, 0.3) is 0 Å². The molecule has 37 heavy (non-hydrogen) atoms. The van der Waals surface area contributed by atoms with Crippen molar-refractivity contribution >= 4 is 28.7 Å². The van der Waals surface area contributed by atoms with Crippen LogP contribution in [0, 0.1) is 11.8 Å². The third-order valence-corrected chi connectivity index (χ3v) is 7.33. The van der Waals surface area contributed by atoms with Crippen LogP contribution >= 0.6 is 0 Å². The number of benzene rings is 1. The summed E-state index contributed by atoms with van der Waals surface area (Å²) >= 11 is 0. The number of carboxylic acids is 1. The van der Waals surface area contributed by atoms with E-state index in [2.05, 4.69) is 33.5 Å². The van der Waals surface area contributed by atoms with Gasteiger partial charge in [-0.2, -0.15) is 0 Å². The summed E-state index contributed by atoms with van der Waals surface area (Å²) in [5.74, 6) is -1.72. The number of aromatic nitrogens is 1. The number of rotatable bonds is 11. The van der Waals surface area contributed by atoms with E-state index in [1.165, 1.54) is 6.92 Å². The molecule has 0 fully saturated rings. The molecule has 1 heterocycles. The minimum Gasteiger partial charge on any atom is -0.478 e. The highest BCUT2D eigenvalue weighted by Gasteiger charge is 2.40. The van der Waals surface area contributed by atoms with Gasteiger partial charge in [-0.1, -0.05) is 65.8 Å². The van der Waals surface area contributed by atoms with Crippen molar-refractivity contribution in [2.75, 3.05) is 14.1 Å². The first-order chi connectivity index (χ1) is 17.1. The quantitative estimate of drug-likeness (QED) is 0.399. The summed E-state index contributed by atoms with van der Waals surface area (Å²) in [7, 11) is 5.41. The number of nitrogens with one attached hydrogen (secondary N) is 2. The highest BCUT2D eigenvalue weighted by atomic mass is 16.4. The van der Waals surface area contributed by atoms with E-state index in [9.17, 15) is 19.5 Å². The van der Waals surface area contributed by atoms with Crippen LogP contribution in [-0.4, -0.2) is 64.6 Å². The Balaban J connectivity index is 2.37. The number of amides is 2. The van der Waals surface area contributed by atoms with E-state index < -0.39 is 29.5 Å². The molecule has 0 aliphatic heterocycles. The van der Waals surface area contributed by atoms with E-state index in [1.54, 1.807) is 25.1 Å². The summed E-state index contributed by atoms with van der Waals surface area (Å²) in [6.07, 6.45) is 3.66. The lowest BCUT2D eigenvalue weighted by Gasteiger charge is -2.37. The minimum absolute atomic E-state index is 0.0119. The molecule has 3 N–H and O–H groups in total. The molecule has 2 aromatic rings. The van der Waals surface area contributed by atoms with Crippen LogP contribution in [0.3, 0.4) is 0 Å². The minimum atomic E-state index is -1.02. The van der Waals surface area contributed by atoms with Crippen LogP contribution in [-0.2, 0) is 26.8 Å². The molecule has 8 nitrogen and oxygen atoms in total. The van der Waals surface area contributed by atoms with E-state index in [-0.39, 0.29) is 29.2 Å². The van der Waals surface area contributed by atoms with Gasteiger partial charge in [0, 0.05) is 42.2 Å². The third kappa shape index (κ3) is 6.42. The zero-order valence-electron chi connectivity index (χ0n) is 23.9. The zero-order chi connectivity index (χ0) is 28.2. The smallest absolute Gasteiger partial charge is 0.331 e. The van der Waals surface area contributed by atoms with Gasteiger partial charge in [0.1, 0.15) is 6.04 Å². The van der Waals surface area contributed by atoms with Gasteiger partial charge >= 0.3 is 5.97 Å². The van der Waals surface area contributed by atoms with Gasteiger partial charge in [-0.15, -0.1) is 0 Å². The van der Waals surface area contributed by atoms with Crippen LogP contribution in [0.5, 0.6) is 0 Å². The lowest BCUT2D eigenvalue weighted by Crippen LogP contribution is -2.59. The molecule has 0 unspecified atom stereocenters. The Hall–Kier alpha value is -3.13. The fourth-order valence-corrected chi connectivity index (χ4v) is 5.03. The van der Waals surface area contributed by atoms with Crippen molar-refractivity contribution < 1.29 is 19.5 Å². The van der Waals surface area contributed by atoms with E-state index in [0.717, 1.165) is 16.5 Å². The normalized spacial score (nSPS) is 15.1. The molecule has 0 saturated carbocycles. The first kappa shape index (κ1) is 30.1. The average molecular weight is 513 g/mol. The number of hydrogen-bond donors (Lipinski definition) is 3. The monoisotopic (exact) mass is 512 g/mol. The molecule has 0 bridgehead atoms. The number of carbonyl (C=O) groups excluding carboxylic acids is 2. The van der Waals surface area contributed by atoms with Crippen molar-refractivity contribution in [1.29, 1.82) is 0 Å². The summed E-state index contributed by atoms with van der Waals surface area (Å²) in [4.78, 5) is 40.3. The molecule has 3 atom stereocenters. The lowest BCUT2D eigenvalue weighted by atomic mass is 9.77. The molecule has 0 spiro atoms. The van der Waals surface area contributed by atoms with Crippen LogP contribution in [0.25, 0.3) is 10.9 Å². The van der Waals surface area contributed by atoms with E-state index in [0.29, 0.717) is 0 Å². The van der Waals surface area contributed by atoms with Crippen molar-refractivity contribution in [2.24, 2.45) is 18.9 Å². The van der Waals surface area contributed by atoms with Crippen LogP contribution in [0.15, 0.2) is 42.1 Å². The topological polar surface area (TPSA) is 104 Å². The molecular formula is C29H44N4O4. The highest BCUT2D eigenvalue weighted by molar-refractivity contribution is 5.93. The molecule has 2 rings (SSSR count). The van der Waals surface area contributed by atoms with Crippen LogP contribution in [0.1, 0.15) is 54.0 Å². The SMILES string of the molecule is CN[C@H](C(=O)N[C@H](C(=O)N(C)[C@@H](C=C(C)C(=O)O)C(C)C)C(C)C)C(C)(C)c1cn(C)c2ccccc12. The summed E-state index contributed by atoms with van der Waals surface area (Å²) < 4.78 is 2.06. The lowest BCUT2D eigenvalue weighted by molar-refractivity contribution is -0.139. The second-order valence-corrected chi connectivity index (χ2v) is 11.2. The maximum absolute atomic E-state index is 13.7. The van der Waals surface area contributed by atoms with Gasteiger partial charge in [-0.05, 0) is 37.4 Å². The van der Waals surface area contributed by atoms with Crippen molar-refractivity contribution in [3.8, 4) is 0 Å². The zero-order valence-corrected chi connectivity index (χ0v) is 23.9. The summed E-state index contributed by atoms with van der Waals surface area (Å²) in [6.45, 7) is 13.2. The molecule has 1 aromatic carbocycles. The largest absolute Gasteiger partial charge is 0.478 e. The molecule has 0 radical (unpaired) electrons. The van der Waals surface area contributed by atoms with E-state index in [1.807, 2.05) is 60.7 Å². The fraction of sp³-hybridized carbons (Fsp3) is 0.552. The Morgan fingerprint density at radius 2 is 1.68 bits per heavy atom. The average Bonchev–Trinajstić information content (AvgIpc) is 3.17. The van der Waals surface area contributed by atoms with Gasteiger partial charge in [-0.3, -0.25) is 9.59 Å². The Morgan fingerprint density at radius 1 is 1.08 bits per heavy atom. The standard InChI is InChI=1S/C29H44N4O4/c1-17(2)23(15-19(5)28(36)37)33(10)27(35)24(18(3)4)31-26(34)25(30-8)29(6,7)21-16-32(9)22-14-12-11-13-20(21)22/h11-18,23-25,30H,1-10H3,(H,31,34)(H,36,37)/t23-,24-,25+/m0/s1. The number of fused-ring (bicyclic) bond motifs is 1. The number of para-hydroxylation sites is 1. The third-order valence-electron chi connectivity index (χ3n) is 7.33. The molecule has 1 aromatic heterocycles. The van der Waals surface area contributed by atoms with Gasteiger partial charge in [0.2, 0.25) is 11.8 Å². The van der Waals surface area contributed by atoms with Crippen LogP contribution in [0.2, 0.25) is 0 Å². The van der Waals surface area contributed by atoms with E-state index >= 15 is 0 Å². The van der Waals surface area contributed by atoms with Crippen molar-refractivity contribution in [1.82, 2.24) is 20.1 Å². The number of aryl methyl sites for hydroxylation is 1. The maximum atomic E-state index is 13.7. The maximum Gasteiger partial charge on any atom is 0.331 e. The molecule has 0 aliphatic rings. The molecular weight excluding hydrogens is 468 g/mol. The van der Waals surface area contributed by atoms with Crippen molar-refractivity contribution in [2.45, 2.75) is 72.0 Å². The summed E-state index contributed by atoms with van der Waals surface area (Å²) in [5, 5.41) is 16.6. The second kappa shape index (κ2) is 11.9. The van der Waals surface area contributed by atoms with Gasteiger partial charge in [0.05, 0.1) is 12.1 Å². The Labute approximate surface area is 221 Å². The molecule has 204 valence electrons. The first-order valence-electron chi connectivity index (χ1n) is 12.9. The fourth-order valence-electron chi connectivity index (χ4n) is 5.03. The summed E-state index contributed by atoms with van der Waals surface area (Å²) in [5.41, 5.74) is 1.72. The Kier molecular flexibility index (Phi) is 9.72. The number of aliphatic carboxylic acids is 1. The Bertz CT molecular complexity index is 1160. The molecule has 0 saturated heterocycles. The number of likely N-dealkylation sites (N-methyl/N-ethyl adjacent to an activating group) is 2. The van der Waals surface area contributed by atoms with Crippen LogP contribution in [0.4, 0.5) is 0 Å². The summed E-state index contributed by atoms with van der Waals surface area (Å²) in [6, 6.07) is 6.31.